The van der Waals surface area contributed by atoms with Gasteiger partial charge in [-0.2, -0.15) is 0 Å². The highest BCUT2D eigenvalue weighted by molar-refractivity contribution is 5.91. The van der Waals surface area contributed by atoms with Gasteiger partial charge in [0, 0.05) is 24.8 Å². The van der Waals surface area contributed by atoms with Gasteiger partial charge >= 0.3 is 0 Å². The van der Waals surface area contributed by atoms with Gasteiger partial charge < -0.3 is 25.8 Å². The first-order chi connectivity index (χ1) is 10.1. The van der Waals surface area contributed by atoms with Crippen molar-refractivity contribution < 1.29 is 19.1 Å². The number of amides is 2. The van der Waals surface area contributed by atoms with Crippen LogP contribution < -0.4 is 21.1 Å². The third kappa shape index (κ3) is 6.30. The van der Waals surface area contributed by atoms with E-state index in [1.54, 1.807) is 24.3 Å². The van der Waals surface area contributed by atoms with Gasteiger partial charge in [0.05, 0.1) is 19.1 Å². The van der Waals surface area contributed by atoms with Gasteiger partial charge in [-0.3, -0.25) is 9.59 Å². The van der Waals surface area contributed by atoms with Gasteiger partial charge in [-0.15, -0.1) is 12.4 Å². The molecule has 2 rings (SSSR count). The molecule has 1 atom stereocenters. The Hall–Kier alpha value is -1.83. The lowest BCUT2D eigenvalue weighted by atomic mass is 10.2. The minimum absolute atomic E-state index is 0. The molecule has 8 heteroatoms. The maximum atomic E-state index is 11.9. The molecule has 1 aromatic carbocycles. The molecule has 1 heterocycles. The van der Waals surface area contributed by atoms with Crippen LogP contribution in [0.15, 0.2) is 24.3 Å². The summed E-state index contributed by atoms with van der Waals surface area (Å²) in [5.41, 5.74) is 5.61. The minimum atomic E-state index is -0.550. The number of nitrogens with two attached hydrogens (primary N) is 1. The number of hydrogen-bond acceptors (Lipinski definition) is 5. The molecule has 1 saturated heterocycles. The fourth-order valence-electron chi connectivity index (χ4n) is 1.99. The number of ether oxygens (including phenoxy) is 2. The summed E-state index contributed by atoms with van der Waals surface area (Å²) in [6, 6.07) is 6.80. The van der Waals surface area contributed by atoms with Gasteiger partial charge in [-0.1, -0.05) is 6.07 Å². The fraction of sp³-hybridized carbons (Fsp3) is 0.429. The number of carbonyl (C=O) groups is 2. The summed E-state index contributed by atoms with van der Waals surface area (Å²) in [4.78, 5) is 22.6. The van der Waals surface area contributed by atoms with Crippen molar-refractivity contribution >= 4 is 29.9 Å². The molecule has 22 heavy (non-hydrogen) atoms. The van der Waals surface area contributed by atoms with Crippen molar-refractivity contribution in [2.75, 3.05) is 31.6 Å². The van der Waals surface area contributed by atoms with Crippen LogP contribution in [-0.2, 0) is 14.3 Å². The number of morpholine rings is 1. The van der Waals surface area contributed by atoms with E-state index in [1.165, 1.54) is 0 Å². The summed E-state index contributed by atoms with van der Waals surface area (Å²) in [6.07, 6.45) is 0.187. The molecule has 0 spiro atoms. The average molecular weight is 330 g/mol. The normalized spacial score (nSPS) is 17.2. The summed E-state index contributed by atoms with van der Waals surface area (Å²) in [7, 11) is 0. The number of primary amides is 1. The Balaban J connectivity index is 0.00000242. The average Bonchev–Trinajstić information content (AvgIpc) is 2.46. The van der Waals surface area contributed by atoms with Gasteiger partial charge in [0.2, 0.25) is 5.91 Å². The van der Waals surface area contributed by atoms with E-state index >= 15 is 0 Å². The van der Waals surface area contributed by atoms with Gasteiger partial charge in [0.1, 0.15) is 5.75 Å². The van der Waals surface area contributed by atoms with Crippen molar-refractivity contribution in [3.63, 3.8) is 0 Å². The second-order valence-corrected chi connectivity index (χ2v) is 4.73. The molecule has 1 aromatic rings. The Morgan fingerprint density at radius 3 is 2.95 bits per heavy atom. The van der Waals surface area contributed by atoms with Gasteiger partial charge in [0.15, 0.2) is 6.61 Å². The van der Waals surface area contributed by atoms with E-state index in [9.17, 15) is 9.59 Å². The van der Waals surface area contributed by atoms with Crippen LogP contribution in [-0.4, -0.2) is 44.2 Å². The Bertz CT molecular complexity index is 507. The maximum Gasteiger partial charge on any atom is 0.255 e. The molecule has 1 fully saturated rings. The Morgan fingerprint density at radius 2 is 2.27 bits per heavy atom. The number of nitrogens with one attached hydrogen (secondary N) is 2. The molecule has 4 N–H and O–H groups in total. The molecule has 0 radical (unpaired) electrons. The summed E-state index contributed by atoms with van der Waals surface area (Å²) in [5, 5.41) is 5.95. The number of carbonyl (C=O) groups excluding carboxylic acids is 2. The van der Waals surface area contributed by atoms with Gasteiger partial charge in [0.25, 0.3) is 5.91 Å². The van der Waals surface area contributed by atoms with E-state index in [1.807, 2.05) is 0 Å². The third-order valence-electron chi connectivity index (χ3n) is 2.92. The van der Waals surface area contributed by atoms with Crippen LogP contribution in [0.3, 0.4) is 0 Å². The van der Waals surface area contributed by atoms with Crippen LogP contribution in [0.5, 0.6) is 5.75 Å². The first kappa shape index (κ1) is 18.2. The number of anilines is 1. The van der Waals surface area contributed by atoms with Crippen molar-refractivity contribution in [2.45, 2.75) is 12.5 Å². The highest BCUT2D eigenvalue weighted by Gasteiger charge is 2.17. The molecule has 0 saturated carbocycles. The Morgan fingerprint density at radius 1 is 1.45 bits per heavy atom. The van der Waals surface area contributed by atoms with Crippen molar-refractivity contribution in [1.82, 2.24) is 5.32 Å². The summed E-state index contributed by atoms with van der Waals surface area (Å²) >= 11 is 0. The molecule has 122 valence electrons. The molecule has 1 aliphatic rings. The summed E-state index contributed by atoms with van der Waals surface area (Å²) in [6.45, 7) is 1.92. The molecule has 1 unspecified atom stereocenters. The lowest BCUT2D eigenvalue weighted by Crippen LogP contribution is -2.40. The lowest BCUT2D eigenvalue weighted by Gasteiger charge is -2.23. The smallest absolute Gasteiger partial charge is 0.255 e. The first-order valence-electron chi connectivity index (χ1n) is 6.77. The van der Waals surface area contributed by atoms with Gasteiger partial charge in [-0.25, -0.2) is 0 Å². The Kier molecular flexibility index (Phi) is 7.65. The van der Waals surface area contributed by atoms with Crippen molar-refractivity contribution in [1.29, 1.82) is 0 Å². The van der Waals surface area contributed by atoms with Crippen LogP contribution in [0.2, 0.25) is 0 Å². The standard InChI is InChI=1S/C14H19N3O4.ClH/c15-13(18)9-21-11-3-1-2-10(6-11)17-14(19)7-12-8-16-4-5-20-12;/h1-3,6,12,16H,4-5,7-9H2,(H2,15,18)(H,17,19);1H. The second-order valence-electron chi connectivity index (χ2n) is 4.73. The van der Waals surface area contributed by atoms with Crippen molar-refractivity contribution in [3.8, 4) is 5.75 Å². The molecule has 7 nitrogen and oxygen atoms in total. The van der Waals surface area contributed by atoms with E-state index in [-0.39, 0.29) is 31.0 Å². The molecule has 2 amide bonds. The molecular weight excluding hydrogens is 310 g/mol. The number of halogens is 1. The molecular formula is C14H20ClN3O4. The van der Waals surface area contributed by atoms with Crippen LogP contribution in [0.25, 0.3) is 0 Å². The quantitative estimate of drug-likeness (QED) is 0.696. The van der Waals surface area contributed by atoms with E-state index < -0.39 is 5.91 Å². The highest BCUT2D eigenvalue weighted by atomic mass is 35.5. The number of rotatable bonds is 6. The third-order valence-corrected chi connectivity index (χ3v) is 2.92. The van der Waals surface area contributed by atoms with Crippen molar-refractivity contribution in [2.24, 2.45) is 5.73 Å². The number of benzene rings is 1. The monoisotopic (exact) mass is 329 g/mol. The number of hydrogen-bond donors (Lipinski definition) is 3. The zero-order valence-electron chi connectivity index (χ0n) is 12.0. The molecule has 1 aliphatic heterocycles. The van der Waals surface area contributed by atoms with Crippen LogP contribution in [0.4, 0.5) is 5.69 Å². The predicted molar refractivity (Wildman–Crippen MR) is 84.2 cm³/mol. The second kappa shape index (κ2) is 9.24. The van der Waals surface area contributed by atoms with E-state index in [0.717, 1.165) is 6.54 Å². The van der Waals surface area contributed by atoms with Crippen LogP contribution in [0.1, 0.15) is 6.42 Å². The molecule has 0 bridgehead atoms. The fourth-order valence-corrected chi connectivity index (χ4v) is 1.99. The topological polar surface area (TPSA) is 103 Å². The maximum absolute atomic E-state index is 11.9. The summed E-state index contributed by atoms with van der Waals surface area (Å²) in [5.74, 6) is -0.204. The molecule has 0 aromatic heterocycles. The van der Waals surface area contributed by atoms with Crippen LogP contribution >= 0.6 is 12.4 Å². The highest BCUT2D eigenvalue weighted by Crippen LogP contribution is 2.17. The SMILES string of the molecule is Cl.NC(=O)COc1cccc(NC(=O)CC2CNCCO2)c1. The van der Waals surface area contributed by atoms with Crippen molar-refractivity contribution in [3.05, 3.63) is 24.3 Å². The molecule has 0 aliphatic carbocycles. The zero-order chi connectivity index (χ0) is 15.1. The summed E-state index contributed by atoms with van der Waals surface area (Å²) < 4.78 is 10.7. The Labute approximate surface area is 134 Å². The predicted octanol–water partition coefficient (Wildman–Crippen LogP) is 0.290. The van der Waals surface area contributed by atoms with Crippen LogP contribution in [0, 0.1) is 0 Å². The van der Waals surface area contributed by atoms with E-state index in [4.69, 9.17) is 15.2 Å². The minimum Gasteiger partial charge on any atom is -0.484 e. The first-order valence-corrected chi connectivity index (χ1v) is 6.77. The van der Waals surface area contributed by atoms with Gasteiger partial charge in [-0.05, 0) is 12.1 Å². The van der Waals surface area contributed by atoms with E-state index in [0.29, 0.717) is 31.0 Å². The lowest BCUT2D eigenvalue weighted by molar-refractivity contribution is -0.120. The largest absolute Gasteiger partial charge is 0.484 e. The van der Waals surface area contributed by atoms with E-state index in [2.05, 4.69) is 10.6 Å². The zero-order valence-corrected chi connectivity index (χ0v) is 12.9.